The fourth-order valence-corrected chi connectivity index (χ4v) is 2.72. The molecule has 2 aliphatic rings. The minimum Gasteiger partial charge on any atom is -0.508 e. The van der Waals surface area contributed by atoms with Gasteiger partial charge in [0.25, 0.3) is 0 Å². The van der Waals surface area contributed by atoms with Gasteiger partial charge in [0, 0.05) is 51.3 Å². The molecule has 2 aliphatic heterocycles. The Balaban J connectivity index is 1.57. The van der Waals surface area contributed by atoms with Crippen LogP contribution in [0.1, 0.15) is 12.0 Å². The predicted octanol–water partition coefficient (Wildman–Crippen LogP) is 1.48. The Labute approximate surface area is 123 Å². The van der Waals surface area contributed by atoms with E-state index in [1.165, 1.54) is 18.2 Å². The summed E-state index contributed by atoms with van der Waals surface area (Å²) >= 11 is 0. The predicted molar refractivity (Wildman–Crippen MR) is 80.3 cm³/mol. The molecule has 1 aromatic rings. The van der Waals surface area contributed by atoms with Gasteiger partial charge in [0.1, 0.15) is 23.7 Å². The number of nitrogens with zero attached hydrogens (tertiary/aromatic N) is 4. The quantitative estimate of drug-likeness (QED) is 0.897. The maximum atomic E-state index is 13.2. The van der Waals surface area contributed by atoms with Crippen molar-refractivity contribution in [2.75, 3.05) is 32.7 Å². The maximum Gasteiger partial charge on any atom is 0.123 e. The van der Waals surface area contributed by atoms with Crippen LogP contribution in [0, 0.1) is 5.82 Å². The molecule has 6 heteroatoms. The van der Waals surface area contributed by atoms with Gasteiger partial charge in [-0.1, -0.05) is 0 Å². The number of aliphatic imine (C=N–C) groups is 2. The summed E-state index contributed by atoms with van der Waals surface area (Å²) in [6.45, 7) is 4.96. The lowest BCUT2D eigenvalue weighted by Gasteiger charge is -2.36. The monoisotopic (exact) mass is 290 g/mol. The van der Waals surface area contributed by atoms with Crippen LogP contribution >= 0.6 is 0 Å². The van der Waals surface area contributed by atoms with Gasteiger partial charge in [-0.3, -0.25) is 9.89 Å². The highest BCUT2D eigenvalue weighted by atomic mass is 19.1. The summed E-state index contributed by atoms with van der Waals surface area (Å²) in [6.07, 6.45) is 2.54. The number of phenolic OH excluding ortho intramolecular Hbond substituents is 1. The highest BCUT2D eigenvalue weighted by molar-refractivity contribution is 5.90. The van der Waals surface area contributed by atoms with E-state index in [1.54, 1.807) is 6.34 Å². The molecular weight excluding hydrogens is 271 g/mol. The largest absolute Gasteiger partial charge is 0.508 e. The van der Waals surface area contributed by atoms with Crippen molar-refractivity contribution in [1.29, 1.82) is 0 Å². The number of benzene rings is 1. The third-order valence-electron chi connectivity index (χ3n) is 3.93. The molecule has 0 aromatic heterocycles. The molecule has 2 heterocycles. The van der Waals surface area contributed by atoms with Crippen LogP contribution in [0.5, 0.6) is 5.75 Å². The first-order valence-corrected chi connectivity index (χ1v) is 7.22. The Morgan fingerprint density at radius 2 is 2.00 bits per heavy atom. The van der Waals surface area contributed by atoms with E-state index in [2.05, 4.69) is 19.8 Å². The van der Waals surface area contributed by atoms with Crippen molar-refractivity contribution < 1.29 is 9.50 Å². The minimum atomic E-state index is -0.308. The Bertz CT molecular complexity index is 565. The second kappa shape index (κ2) is 6.22. The van der Waals surface area contributed by atoms with E-state index in [1.807, 2.05) is 0 Å². The van der Waals surface area contributed by atoms with Crippen LogP contribution < -0.4 is 0 Å². The zero-order valence-corrected chi connectivity index (χ0v) is 11.9. The first-order chi connectivity index (χ1) is 10.2. The highest BCUT2D eigenvalue weighted by Crippen LogP contribution is 2.20. The second-order valence-electron chi connectivity index (χ2n) is 5.35. The normalized spacial score (nSPS) is 19.7. The van der Waals surface area contributed by atoms with Crippen molar-refractivity contribution >= 4 is 12.2 Å². The number of rotatable bonds is 2. The fraction of sp³-hybridized carbons (Fsp3) is 0.467. The maximum absolute atomic E-state index is 13.2. The van der Waals surface area contributed by atoms with Crippen LogP contribution in [0.3, 0.4) is 0 Å². The van der Waals surface area contributed by atoms with E-state index in [0.717, 1.165) is 45.0 Å². The summed E-state index contributed by atoms with van der Waals surface area (Å²) in [7, 11) is 0. The lowest BCUT2D eigenvalue weighted by Crippen LogP contribution is -2.48. The van der Waals surface area contributed by atoms with Crippen LogP contribution in [0.4, 0.5) is 4.39 Å². The van der Waals surface area contributed by atoms with Gasteiger partial charge in [-0.2, -0.15) is 0 Å². The SMILES string of the molecule is Oc1ccc(F)cc1CN1CCN(C2=NC=NCC2)CC1. The van der Waals surface area contributed by atoms with Gasteiger partial charge in [-0.05, 0) is 18.2 Å². The smallest absolute Gasteiger partial charge is 0.123 e. The molecular formula is C15H19FN4O. The van der Waals surface area contributed by atoms with Gasteiger partial charge in [-0.25, -0.2) is 9.38 Å². The fourth-order valence-electron chi connectivity index (χ4n) is 2.72. The number of piperazine rings is 1. The molecule has 1 saturated heterocycles. The molecule has 1 aromatic carbocycles. The van der Waals surface area contributed by atoms with Gasteiger partial charge in [0.15, 0.2) is 0 Å². The zero-order valence-electron chi connectivity index (χ0n) is 11.9. The summed E-state index contributed by atoms with van der Waals surface area (Å²) in [6, 6.07) is 4.10. The molecule has 0 saturated carbocycles. The Hall–Kier alpha value is -1.95. The van der Waals surface area contributed by atoms with Crippen LogP contribution in [0.2, 0.25) is 0 Å². The van der Waals surface area contributed by atoms with Gasteiger partial charge >= 0.3 is 0 Å². The lowest BCUT2D eigenvalue weighted by molar-refractivity contribution is 0.172. The van der Waals surface area contributed by atoms with E-state index in [4.69, 9.17) is 0 Å². The molecule has 112 valence electrons. The Morgan fingerprint density at radius 1 is 1.19 bits per heavy atom. The van der Waals surface area contributed by atoms with Gasteiger partial charge in [-0.15, -0.1) is 0 Å². The van der Waals surface area contributed by atoms with E-state index in [0.29, 0.717) is 12.1 Å². The number of hydrogen-bond acceptors (Lipinski definition) is 5. The molecule has 3 rings (SSSR count). The lowest BCUT2D eigenvalue weighted by atomic mass is 10.1. The van der Waals surface area contributed by atoms with Gasteiger partial charge in [0.05, 0.1) is 0 Å². The van der Waals surface area contributed by atoms with Crippen molar-refractivity contribution in [1.82, 2.24) is 9.80 Å². The summed E-state index contributed by atoms with van der Waals surface area (Å²) in [5.74, 6) is 0.960. The molecule has 0 atom stereocenters. The Morgan fingerprint density at radius 3 is 2.71 bits per heavy atom. The topological polar surface area (TPSA) is 51.4 Å². The second-order valence-corrected chi connectivity index (χ2v) is 5.35. The van der Waals surface area contributed by atoms with Crippen LogP contribution in [0.25, 0.3) is 0 Å². The third kappa shape index (κ3) is 3.39. The molecule has 1 N–H and O–H groups in total. The standard InChI is InChI=1S/C15H19FN4O/c16-13-1-2-14(21)12(9-13)10-19-5-7-20(8-6-19)15-3-4-17-11-18-15/h1-2,9,11,21H,3-8,10H2. The van der Waals surface area contributed by atoms with E-state index >= 15 is 0 Å². The van der Waals surface area contributed by atoms with Crippen LogP contribution in [-0.4, -0.2) is 59.8 Å². The van der Waals surface area contributed by atoms with Gasteiger partial charge in [0.2, 0.25) is 0 Å². The van der Waals surface area contributed by atoms with E-state index < -0.39 is 0 Å². The molecule has 0 radical (unpaired) electrons. The van der Waals surface area contributed by atoms with Crippen molar-refractivity contribution in [3.05, 3.63) is 29.6 Å². The van der Waals surface area contributed by atoms with Crippen molar-refractivity contribution in [2.24, 2.45) is 9.98 Å². The Kier molecular flexibility index (Phi) is 4.15. The molecule has 0 spiro atoms. The molecule has 0 aliphatic carbocycles. The molecule has 1 fully saturated rings. The zero-order chi connectivity index (χ0) is 14.7. The summed E-state index contributed by atoms with van der Waals surface area (Å²) < 4.78 is 13.2. The molecule has 0 unspecified atom stereocenters. The number of phenols is 1. The van der Waals surface area contributed by atoms with E-state index in [9.17, 15) is 9.50 Å². The number of amidine groups is 1. The van der Waals surface area contributed by atoms with Crippen molar-refractivity contribution in [2.45, 2.75) is 13.0 Å². The number of hydrogen-bond donors (Lipinski definition) is 1. The summed E-state index contributed by atoms with van der Waals surface area (Å²) in [5, 5.41) is 9.78. The van der Waals surface area contributed by atoms with Crippen LogP contribution in [-0.2, 0) is 6.54 Å². The average Bonchev–Trinajstić information content (AvgIpc) is 2.53. The number of halogens is 1. The first kappa shape index (κ1) is 14.0. The minimum absolute atomic E-state index is 0.159. The van der Waals surface area contributed by atoms with Gasteiger partial charge < -0.3 is 10.0 Å². The molecule has 0 amide bonds. The average molecular weight is 290 g/mol. The van der Waals surface area contributed by atoms with E-state index in [-0.39, 0.29) is 11.6 Å². The highest BCUT2D eigenvalue weighted by Gasteiger charge is 2.21. The molecule has 21 heavy (non-hydrogen) atoms. The van der Waals surface area contributed by atoms with Crippen molar-refractivity contribution in [3.8, 4) is 5.75 Å². The first-order valence-electron chi connectivity index (χ1n) is 7.22. The van der Waals surface area contributed by atoms with Crippen molar-refractivity contribution in [3.63, 3.8) is 0 Å². The summed E-state index contributed by atoms with van der Waals surface area (Å²) in [4.78, 5) is 12.9. The third-order valence-corrected chi connectivity index (χ3v) is 3.93. The molecule has 0 bridgehead atoms. The van der Waals surface area contributed by atoms with Crippen LogP contribution in [0.15, 0.2) is 28.2 Å². The summed E-state index contributed by atoms with van der Waals surface area (Å²) in [5.41, 5.74) is 0.644. The molecule has 5 nitrogen and oxygen atoms in total. The number of aromatic hydroxyl groups is 1.